The fourth-order valence-corrected chi connectivity index (χ4v) is 2.62. The van der Waals surface area contributed by atoms with Crippen LogP contribution >= 0.6 is 0 Å². The maximum atomic E-state index is 5.88. The second-order valence-electron chi connectivity index (χ2n) is 3.89. The minimum atomic E-state index is 0.560. The monoisotopic (exact) mass is 125 g/mol. The highest BCUT2D eigenvalue weighted by molar-refractivity contribution is 5.06. The molecule has 0 aliphatic heterocycles. The molecular formula is C8H15N. The number of fused-ring (bicyclic) bond motifs is 1. The Morgan fingerprint density at radius 1 is 1.44 bits per heavy atom. The highest BCUT2D eigenvalue weighted by Gasteiger charge is 2.53. The van der Waals surface area contributed by atoms with E-state index in [2.05, 4.69) is 6.92 Å². The summed E-state index contributed by atoms with van der Waals surface area (Å²) in [5.41, 5.74) is 6.61. The summed E-state index contributed by atoms with van der Waals surface area (Å²) >= 11 is 0. The van der Waals surface area contributed by atoms with Crippen LogP contribution in [0.15, 0.2) is 0 Å². The van der Waals surface area contributed by atoms with Crippen LogP contribution in [0.1, 0.15) is 32.6 Å². The highest BCUT2D eigenvalue weighted by atomic mass is 14.8. The van der Waals surface area contributed by atoms with Crippen molar-refractivity contribution in [2.45, 2.75) is 38.6 Å². The molecule has 0 aromatic rings. The largest absolute Gasteiger partial charge is 0.327 e. The van der Waals surface area contributed by atoms with Crippen LogP contribution in [-0.2, 0) is 0 Å². The Bertz CT molecular complexity index is 125. The van der Waals surface area contributed by atoms with E-state index in [0.717, 1.165) is 11.3 Å². The zero-order valence-electron chi connectivity index (χ0n) is 6.06. The first-order valence-corrected chi connectivity index (χ1v) is 4.01. The van der Waals surface area contributed by atoms with E-state index in [-0.39, 0.29) is 0 Å². The van der Waals surface area contributed by atoms with E-state index in [1.807, 2.05) is 0 Å². The molecule has 0 amide bonds. The molecule has 2 N–H and O–H groups in total. The highest BCUT2D eigenvalue weighted by Crippen LogP contribution is 2.59. The predicted octanol–water partition coefficient (Wildman–Crippen LogP) is 1.52. The Hall–Kier alpha value is -0.0400. The van der Waals surface area contributed by atoms with Crippen LogP contribution in [0.4, 0.5) is 0 Å². The molecular weight excluding hydrogens is 110 g/mol. The molecule has 3 aliphatic rings. The van der Waals surface area contributed by atoms with Gasteiger partial charge in [-0.1, -0.05) is 13.3 Å². The van der Waals surface area contributed by atoms with E-state index in [1.54, 1.807) is 0 Å². The van der Waals surface area contributed by atoms with Crippen molar-refractivity contribution in [1.82, 2.24) is 0 Å². The zero-order chi connectivity index (χ0) is 6.48. The normalized spacial score (nSPS) is 55.3. The van der Waals surface area contributed by atoms with Gasteiger partial charge in [-0.15, -0.1) is 0 Å². The van der Waals surface area contributed by atoms with Crippen LogP contribution < -0.4 is 5.73 Å². The third-order valence-corrected chi connectivity index (χ3v) is 3.41. The van der Waals surface area contributed by atoms with E-state index < -0.39 is 0 Å². The molecule has 3 saturated carbocycles. The van der Waals surface area contributed by atoms with Crippen molar-refractivity contribution in [1.29, 1.82) is 0 Å². The smallest absolute Gasteiger partial charge is 0.00728 e. The summed E-state index contributed by atoms with van der Waals surface area (Å²) in [5, 5.41) is 0. The van der Waals surface area contributed by atoms with Crippen molar-refractivity contribution >= 4 is 0 Å². The lowest BCUT2D eigenvalue weighted by molar-refractivity contribution is 0.137. The van der Waals surface area contributed by atoms with Gasteiger partial charge in [0.2, 0.25) is 0 Å². The lowest BCUT2D eigenvalue weighted by atomic mass is 9.68. The fourth-order valence-electron chi connectivity index (χ4n) is 2.62. The second-order valence-corrected chi connectivity index (χ2v) is 3.89. The van der Waals surface area contributed by atoms with Gasteiger partial charge in [0, 0.05) is 6.04 Å². The maximum absolute atomic E-state index is 5.88. The Balaban J connectivity index is 2.09. The lowest BCUT2D eigenvalue weighted by Crippen LogP contribution is -2.29. The third-order valence-electron chi connectivity index (χ3n) is 3.41. The molecule has 3 aliphatic carbocycles. The van der Waals surface area contributed by atoms with Crippen LogP contribution in [-0.4, -0.2) is 6.04 Å². The van der Waals surface area contributed by atoms with Crippen molar-refractivity contribution in [2.75, 3.05) is 0 Å². The number of hydrogen-bond acceptors (Lipinski definition) is 1. The summed E-state index contributed by atoms with van der Waals surface area (Å²) < 4.78 is 0. The van der Waals surface area contributed by atoms with Crippen LogP contribution in [0.5, 0.6) is 0 Å². The Morgan fingerprint density at radius 3 is 2.33 bits per heavy atom. The number of rotatable bonds is 1. The fraction of sp³-hybridized carbons (Fsp3) is 1.00. The van der Waals surface area contributed by atoms with Crippen molar-refractivity contribution in [3.8, 4) is 0 Å². The zero-order valence-corrected chi connectivity index (χ0v) is 6.06. The van der Waals surface area contributed by atoms with E-state index in [0.29, 0.717) is 6.04 Å². The van der Waals surface area contributed by atoms with Gasteiger partial charge in [-0.25, -0.2) is 0 Å². The Labute approximate surface area is 56.6 Å². The Kier molecular flexibility index (Phi) is 0.963. The van der Waals surface area contributed by atoms with Gasteiger partial charge in [0.05, 0.1) is 0 Å². The summed E-state index contributed by atoms with van der Waals surface area (Å²) in [4.78, 5) is 0. The van der Waals surface area contributed by atoms with E-state index in [1.165, 1.54) is 25.7 Å². The van der Waals surface area contributed by atoms with Gasteiger partial charge in [-0.2, -0.15) is 0 Å². The van der Waals surface area contributed by atoms with Gasteiger partial charge in [-0.3, -0.25) is 0 Å². The number of hydrogen-bond donors (Lipinski definition) is 1. The molecule has 1 atom stereocenters. The van der Waals surface area contributed by atoms with Gasteiger partial charge in [0.15, 0.2) is 0 Å². The van der Waals surface area contributed by atoms with Gasteiger partial charge in [0.25, 0.3) is 0 Å². The minimum Gasteiger partial charge on any atom is -0.327 e. The molecule has 0 saturated heterocycles. The molecule has 3 fully saturated rings. The molecule has 1 nitrogen and oxygen atoms in total. The first-order valence-electron chi connectivity index (χ1n) is 4.01. The van der Waals surface area contributed by atoms with Crippen molar-refractivity contribution < 1.29 is 0 Å². The van der Waals surface area contributed by atoms with Gasteiger partial charge < -0.3 is 5.73 Å². The molecule has 0 heterocycles. The van der Waals surface area contributed by atoms with E-state index >= 15 is 0 Å². The van der Waals surface area contributed by atoms with Crippen molar-refractivity contribution in [3.63, 3.8) is 0 Å². The van der Waals surface area contributed by atoms with Crippen LogP contribution in [0.25, 0.3) is 0 Å². The molecule has 52 valence electrons. The molecule has 0 spiro atoms. The van der Waals surface area contributed by atoms with Crippen LogP contribution in [0.3, 0.4) is 0 Å². The third kappa shape index (κ3) is 0.586. The molecule has 0 radical (unpaired) electrons. The molecule has 0 aromatic carbocycles. The molecule has 2 bridgehead atoms. The van der Waals surface area contributed by atoms with Crippen LogP contribution in [0, 0.1) is 11.3 Å². The standard InChI is InChI=1S/C8H15N/c1-2-8-3-6(4-8)7(9)5-8/h6-7H,2-5,9H2,1H3. The molecule has 1 heteroatoms. The van der Waals surface area contributed by atoms with Crippen molar-refractivity contribution in [2.24, 2.45) is 17.1 Å². The maximum Gasteiger partial charge on any atom is 0.00728 e. The molecule has 3 rings (SSSR count). The van der Waals surface area contributed by atoms with Gasteiger partial charge >= 0.3 is 0 Å². The topological polar surface area (TPSA) is 26.0 Å². The molecule has 0 aromatic heterocycles. The van der Waals surface area contributed by atoms with E-state index in [4.69, 9.17) is 5.73 Å². The number of nitrogens with two attached hydrogens (primary N) is 1. The molecule has 1 unspecified atom stereocenters. The quantitative estimate of drug-likeness (QED) is 0.565. The van der Waals surface area contributed by atoms with Gasteiger partial charge in [-0.05, 0) is 30.6 Å². The SMILES string of the molecule is CCC12CC(N)C(C1)C2. The van der Waals surface area contributed by atoms with Gasteiger partial charge in [0.1, 0.15) is 0 Å². The summed E-state index contributed by atoms with van der Waals surface area (Å²) in [6, 6.07) is 0.560. The average Bonchev–Trinajstić information content (AvgIpc) is 2.18. The second kappa shape index (κ2) is 1.51. The summed E-state index contributed by atoms with van der Waals surface area (Å²) in [6.07, 6.45) is 5.54. The first kappa shape index (κ1) is 5.72. The van der Waals surface area contributed by atoms with Crippen molar-refractivity contribution in [3.05, 3.63) is 0 Å². The lowest BCUT2D eigenvalue weighted by Gasteiger charge is -2.37. The van der Waals surface area contributed by atoms with E-state index in [9.17, 15) is 0 Å². The first-order chi connectivity index (χ1) is 4.26. The summed E-state index contributed by atoms with van der Waals surface area (Å²) in [5.74, 6) is 0.907. The van der Waals surface area contributed by atoms with Crippen LogP contribution in [0.2, 0.25) is 0 Å². The molecule has 9 heavy (non-hydrogen) atoms. The minimum absolute atomic E-state index is 0.560. The summed E-state index contributed by atoms with van der Waals surface area (Å²) in [7, 11) is 0. The summed E-state index contributed by atoms with van der Waals surface area (Å²) in [6.45, 7) is 2.30. The Morgan fingerprint density at radius 2 is 2.11 bits per heavy atom. The average molecular weight is 125 g/mol. The predicted molar refractivity (Wildman–Crippen MR) is 38.0 cm³/mol.